The second-order valence-corrected chi connectivity index (χ2v) is 5.87. The van der Waals surface area contributed by atoms with E-state index >= 15 is 0 Å². The molecular weight excluding hydrogens is 314 g/mol. The molecule has 0 radical (unpaired) electrons. The van der Waals surface area contributed by atoms with Gasteiger partial charge in [-0.25, -0.2) is 0 Å². The lowest BCUT2D eigenvalue weighted by atomic mass is 10.1. The van der Waals surface area contributed by atoms with Gasteiger partial charge >= 0.3 is 0 Å². The number of rotatable bonds is 9. The number of nitrogens with one attached hydrogen (secondary N) is 3. The second-order valence-electron chi connectivity index (χ2n) is 5.87. The number of benzene rings is 1. The number of aryl methyl sites for hydroxylation is 2. The van der Waals surface area contributed by atoms with Crippen molar-refractivity contribution in [3.63, 3.8) is 0 Å². The van der Waals surface area contributed by atoms with Gasteiger partial charge in [-0.3, -0.25) is 10.1 Å². The van der Waals surface area contributed by atoms with Gasteiger partial charge in [0.25, 0.3) is 0 Å². The third-order valence-electron chi connectivity index (χ3n) is 4.03. The van der Waals surface area contributed by atoms with Crippen LogP contribution in [0.25, 0.3) is 0 Å². The summed E-state index contributed by atoms with van der Waals surface area (Å²) in [5.41, 5.74) is 3.61. The Morgan fingerprint density at radius 3 is 2.76 bits per heavy atom. The Morgan fingerprint density at radius 1 is 1.20 bits per heavy atom. The van der Waals surface area contributed by atoms with Crippen molar-refractivity contribution in [1.29, 1.82) is 0 Å². The number of para-hydroxylation sites is 1. The van der Waals surface area contributed by atoms with Gasteiger partial charge in [0.15, 0.2) is 5.96 Å². The lowest BCUT2D eigenvalue weighted by Crippen LogP contribution is -2.38. The van der Waals surface area contributed by atoms with Gasteiger partial charge in [0.05, 0.1) is 13.3 Å². The van der Waals surface area contributed by atoms with Crippen LogP contribution in [0.1, 0.15) is 30.2 Å². The van der Waals surface area contributed by atoms with Crippen molar-refractivity contribution >= 4 is 5.96 Å². The number of aliphatic imine (C=N–C) groups is 1. The fourth-order valence-corrected chi connectivity index (χ4v) is 2.65. The number of nitrogens with zero attached hydrogens (tertiary/aromatic N) is 2. The largest absolute Gasteiger partial charge is 0.496 e. The molecule has 1 heterocycles. The maximum absolute atomic E-state index is 5.39. The quantitative estimate of drug-likeness (QED) is 0.371. The van der Waals surface area contributed by atoms with E-state index in [0.29, 0.717) is 0 Å². The SMILES string of the molecule is CCNC(=NCCCc1cn[nH]c1C)NCCc1ccccc1OC. The van der Waals surface area contributed by atoms with E-state index in [-0.39, 0.29) is 0 Å². The zero-order chi connectivity index (χ0) is 17.9. The smallest absolute Gasteiger partial charge is 0.191 e. The number of guanidine groups is 1. The number of methoxy groups -OCH3 is 1. The third-order valence-corrected chi connectivity index (χ3v) is 4.03. The Bertz CT molecular complexity index is 665. The highest BCUT2D eigenvalue weighted by molar-refractivity contribution is 5.79. The van der Waals surface area contributed by atoms with E-state index in [2.05, 4.69) is 45.7 Å². The summed E-state index contributed by atoms with van der Waals surface area (Å²) >= 11 is 0. The van der Waals surface area contributed by atoms with Gasteiger partial charge in [0, 0.05) is 25.3 Å². The zero-order valence-electron chi connectivity index (χ0n) is 15.4. The molecule has 0 saturated heterocycles. The fourth-order valence-electron chi connectivity index (χ4n) is 2.65. The van der Waals surface area contributed by atoms with Gasteiger partial charge in [-0.2, -0.15) is 5.10 Å². The Labute approximate surface area is 150 Å². The molecular formula is C19H29N5O. The van der Waals surface area contributed by atoms with Crippen molar-refractivity contribution in [2.75, 3.05) is 26.7 Å². The maximum Gasteiger partial charge on any atom is 0.191 e. The molecule has 6 heteroatoms. The van der Waals surface area contributed by atoms with Crippen LogP contribution in [0, 0.1) is 6.92 Å². The summed E-state index contributed by atoms with van der Waals surface area (Å²) in [6.07, 6.45) is 4.79. The lowest BCUT2D eigenvalue weighted by Gasteiger charge is -2.12. The molecule has 25 heavy (non-hydrogen) atoms. The van der Waals surface area contributed by atoms with Crippen LogP contribution in [0.15, 0.2) is 35.5 Å². The van der Waals surface area contributed by atoms with Crippen LogP contribution in [-0.2, 0) is 12.8 Å². The summed E-state index contributed by atoms with van der Waals surface area (Å²) in [5, 5.41) is 13.7. The minimum Gasteiger partial charge on any atom is -0.496 e. The summed E-state index contributed by atoms with van der Waals surface area (Å²) < 4.78 is 5.39. The maximum atomic E-state index is 5.39. The minimum absolute atomic E-state index is 0.786. The van der Waals surface area contributed by atoms with Gasteiger partial charge in [-0.05, 0) is 50.3 Å². The van der Waals surface area contributed by atoms with Crippen molar-refractivity contribution in [2.45, 2.75) is 33.1 Å². The molecule has 6 nitrogen and oxygen atoms in total. The molecule has 0 saturated carbocycles. The molecule has 0 aliphatic rings. The normalized spacial score (nSPS) is 11.4. The lowest BCUT2D eigenvalue weighted by molar-refractivity contribution is 0.409. The average Bonchev–Trinajstić information content (AvgIpc) is 3.04. The molecule has 2 rings (SSSR count). The van der Waals surface area contributed by atoms with E-state index < -0.39 is 0 Å². The van der Waals surface area contributed by atoms with E-state index in [9.17, 15) is 0 Å². The first-order valence-electron chi connectivity index (χ1n) is 8.87. The number of aromatic amines is 1. The summed E-state index contributed by atoms with van der Waals surface area (Å²) in [6, 6.07) is 8.11. The molecule has 1 aromatic heterocycles. The van der Waals surface area contributed by atoms with E-state index in [1.54, 1.807) is 7.11 Å². The van der Waals surface area contributed by atoms with Crippen LogP contribution in [-0.4, -0.2) is 42.9 Å². The summed E-state index contributed by atoms with van der Waals surface area (Å²) in [7, 11) is 1.71. The molecule has 0 unspecified atom stereocenters. The van der Waals surface area contributed by atoms with Gasteiger partial charge < -0.3 is 15.4 Å². The first-order chi connectivity index (χ1) is 12.2. The van der Waals surface area contributed by atoms with E-state index in [1.807, 2.05) is 24.4 Å². The zero-order valence-corrected chi connectivity index (χ0v) is 15.4. The molecule has 2 aromatic rings. The van der Waals surface area contributed by atoms with Crippen LogP contribution in [0.2, 0.25) is 0 Å². The number of hydrogen-bond acceptors (Lipinski definition) is 3. The molecule has 1 aromatic carbocycles. The Morgan fingerprint density at radius 2 is 2.04 bits per heavy atom. The number of hydrogen-bond donors (Lipinski definition) is 3. The van der Waals surface area contributed by atoms with Crippen molar-refractivity contribution in [1.82, 2.24) is 20.8 Å². The van der Waals surface area contributed by atoms with Gasteiger partial charge in [0.1, 0.15) is 5.75 Å². The first kappa shape index (κ1) is 18.8. The molecule has 3 N–H and O–H groups in total. The molecule has 0 aliphatic carbocycles. The van der Waals surface area contributed by atoms with Gasteiger partial charge in [-0.15, -0.1) is 0 Å². The summed E-state index contributed by atoms with van der Waals surface area (Å²) in [5.74, 6) is 1.79. The van der Waals surface area contributed by atoms with Crippen LogP contribution >= 0.6 is 0 Å². The Hall–Kier alpha value is -2.50. The monoisotopic (exact) mass is 343 g/mol. The molecule has 0 spiro atoms. The van der Waals surface area contributed by atoms with Crippen LogP contribution in [0.5, 0.6) is 5.75 Å². The van der Waals surface area contributed by atoms with E-state index in [1.165, 1.54) is 11.1 Å². The molecule has 0 bridgehead atoms. The van der Waals surface area contributed by atoms with Crippen LogP contribution < -0.4 is 15.4 Å². The Balaban J connectivity index is 1.78. The van der Waals surface area contributed by atoms with Crippen LogP contribution in [0.3, 0.4) is 0 Å². The van der Waals surface area contributed by atoms with Crippen molar-refractivity contribution < 1.29 is 4.74 Å². The highest BCUT2D eigenvalue weighted by atomic mass is 16.5. The van der Waals surface area contributed by atoms with Crippen molar-refractivity contribution in [3.8, 4) is 5.75 Å². The van der Waals surface area contributed by atoms with Crippen molar-refractivity contribution in [3.05, 3.63) is 47.3 Å². The standard InChI is InChI=1S/C19H29N5O/c1-4-20-19(21-12-7-9-17-14-23-24-15(17)2)22-13-11-16-8-5-6-10-18(16)25-3/h5-6,8,10,14H,4,7,9,11-13H2,1-3H3,(H,23,24)(H2,20,21,22). The molecule has 0 fully saturated rings. The third kappa shape index (κ3) is 6.14. The highest BCUT2D eigenvalue weighted by Crippen LogP contribution is 2.17. The predicted octanol–water partition coefficient (Wildman–Crippen LogP) is 2.46. The van der Waals surface area contributed by atoms with Gasteiger partial charge in [-0.1, -0.05) is 18.2 Å². The van der Waals surface area contributed by atoms with Crippen molar-refractivity contribution in [2.24, 2.45) is 4.99 Å². The number of H-pyrrole nitrogens is 1. The molecule has 0 aliphatic heterocycles. The second kappa shape index (κ2) is 10.4. The minimum atomic E-state index is 0.786. The van der Waals surface area contributed by atoms with E-state index in [0.717, 1.165) is 56.3 Å². The van der Waals surface area contributed by atoms with Crippen LogP contribution in [0.4, 0.5) is 0 Å². The molecule has 136 valence electrons. The van der Waals surface area contributed by atoms with Gasteiger partial charge in [0.2, 0.25) is 0 Å². The molecule has 0 amide bonds. The molecule has 0 atom stereocenters. The van der Waals surface area contributed by atoms with E-state index in [4.69, 9.17) is 4.74 Å². The first-order valence-corrected chi connectivity index (χ1v) is 8.87. The fraction of sp³-hybridized carbons (Fsp3) is 0.474. The average molecular weight is 343 g/mol. The number of aromatic nitrogens is 2. The highest BCUT2D eigenvalue weighted by Gasteiger charge is 2.03. The summed E-state index contributed by atoms with van der Waals surface area (Å²) in [6.45, 7) is 6.57. The number of ether oxygens (including phenoxy) is 1. The summed E-state index contributed by atoms with van der Waals surface area (Å²) in [4.78, 5) is 4.65. The predicted molar refractivity (Wildman–Crippen MR) is 102 cm³/mol. The topological polar surface area (TPSA) is 74.3 Å². The Kier molecular flexibility index (Phi) is 7.82.